The summed E-state index contributed by atoms with van der Waals surface area (Å²) >= 11 is 0. The normalized spacial score (nSPS) is 14.2. The standard InChI is InChI=1S/C10H15BP/c1-10(2,3)12(11)9-7-5-4-6-8-9/h4-8,12H,1-3H3/q+1. The fourth-order valence-corrected chi connectivity index (χ4v) is 2.47. The summed E-state index contributed by atoms with van der Waals surface area (Å²) in [5.41, 5.74) is 0. The van der Waals surface area contributed by atoms with Gasteiger partial charge in [-0.1, -0.05) is 18.2 Å². The Morgan fingerprint density at radius 1 is 1.08 bits per heavy atom. The molecule has 0 fully saturated rings. The molecule has 0 N–H and O–H groups in total. The van der Waals surface area contributed by atoms with Crippen molar-refractivity contribution in [3.63, 3.8) is 0 Å². The van der Waals surface area contributed by atoms with E-state index in [0.29, 0.717) is 0 Å². The van der Waals surface area contributed by atoms with Crippen LogP contribution in [0.5, 0.6) is 0 Å². The van der Waals surface area contributed by atoms with Crippen molar-refractivity contribution < 1.29 is 0 Å². The van der Waals surface area contributed by atoms with Gasteiger partial charge in [-0.15, -0.1) is 0 Å². The van der Waals surface area contributed by atoms with E-state index in [1.807, 2.05) is 6.07 Å². The second-order valence-electron chi connectivity index (χ2n) is 4.03. The van der Waals surface area contributed by atoms with E-state index in [1.54, 1.807) is 0 Å². The lowest BCUT2D eigenvalue weighted by molar-refractivity contribution is 0.796. The van der Waals surface area contributed by atoms with Gasteiger partial charge >= 0.3 is 7.57 Å². The largest absolute Gasteiger partial charge is 0.368 e. The van der Waals surface area contributed by atoms with Crippen LogP contribution in [0.25, 0.3) is 0 Å². The highest BCUT2D eigenvalue weighted by Crippen LogP contribution is 2.43. The summed E-state index contributed by atoms with van der Waals surface area (Å²) in [4.78, 5) is 0. The predicted molar refractivity (Wildman–Crippen MR) is 59.9 cm³/mol. The van der Waals surface area contributed by atoms with Crippen LogP contribution in [-0.4, -0.2) is 12.7 Å². The van der Waals surface area contributed by atoms with Crippen molar-refractivity contribution in [2.45, 2.75) is 25.9 Å². The molecule has 0 bridgehead atoms. The zero-order chi connectivity index (χ0) is 9.19. The number of rotatable bonds is 1. The van der Waals surface area contributed by atoms with Crippen LogP contribution in [0.1, 0.15) is 20.8 Å². The summed E-state index contributed by atoms with van der Waals surface area (Å²) in [6, 6.07) is 10.4. The van der Waals surface area contributed by atoms with Gasteiger partial charge in [-0.3, -0.25) is 0 Å². The van der Waals surface area contributed by atoms with Crippen LogP contribution in [0.15, 0.2) is 30.3 Å². The molecule has 1 aromatic carbocycles. The highest BCUT2D eigenvalue weighted by molar-refractivity contribution is 7.89. The van der Waals surface area contributed by atoms with E-state index in [0.717, 1.165) is 0 Å². The molecule has 0 amide bonds. The Balaban J connectivity index is 2.86. The molecule has 0 heterocycles. The molecule has 1 atom stereocenters. The molecule has 0 saturated heterocycles. The van der Waals surface area contributed by atoms with Gasteiger partial charge < -0.3 is 0 Å². The van der Waals surface area contributed by atoms with Crippen LogP contribution in [-0.2, 0) is 0 Å². The van der Waals surface area contributed by atoms with Gasteiger partial charge in [0.05, 0.1) is 10.5 Å². The first-order valence-corrected chi connectivity index (χ1v) is 5.78. The van der Waals surface area contributed by atoms with Gasteiger partial charge in [0.2, 0.25) is 0 Å². The zero-order valence-electron chi connectivity index (χ0n) is 7.96. The topological polar surface area (TPSA) is 0 Å². The van der Waals surface area contributed by atoms with Crippen molar-refractivity contribution in [1.29, 1.82) is 0 Å². The van der Waals surface area contributed by atoms with Gasteiger partial charge in [0.15, 0.2) is 0 Å². The third kappa shape index (κ3) is 2.35. The van der Waals surface area contributed by atoms with Crippen molar-refractivity contribution in [1.82, 2.24) is 0 Å². The van der Waals surface area contributed by atoms with Crippen molar-refractivity contribution in [2.24, 2.45) is 0 Å². The minimum Gasteiger partial charge on any atom is -0.0620 e. The molecule has 1 aromatic rings. The van der Waals surface area contributed by atoms with E-state index in [4.69, 9.17) is 7.57 Å². The average Bonchev–Trinajstić information content (AvgIpc) is 2.03. The van der Waals surface area contributed by atoms with E-state index >= 15 is 0 Å². The summed E-state index contributed by atoms with van der Waals surface area (Å²) in [5, 5.41) is 1.56. The minimum absolute atomic E-state index is 0.242. The number of benzene rings is 1. The summed E-state index contributed by atoms with van der Waals surface area (Å²) in [6.45, 7) is 6.61. The molecule has 0 aliphatic rings. The molecule has 0 nitrogen and oxygen atoms in total. The monoisotopic (exact) mass is 177 g/mol. The van der Waals surface area contributed by atoms with Crippen LogP contribution in [0.3, 0.4) is 0 Å². The van der Waals surface area contributed by atoms with Gasteiger partial charge in [0.25, 0.3) is 0 Å². The molecule has 62 valence electrons. The van der Waals surface area contributed by atoms with E-state index < -0.39 is 7.80 Å². The van der Waals surface area contributed by atoms with Gasteiger partial charge in [0.1, 0.15) is 0 Å². The Labute approximate surface area is 77.5 Å². The van der Waals surface area contributed by atoms with E-state index in [-0.39, 0.29) is 5.16 Å². The van der Waals surface area contributed by atoms with Crippen LogP contribution in [0.4, 0.5) is 0 Å². The molecule has 2 heteroatoms. The van der Waals surface area contributed by atoms with Crippen LogP contribution in [0.2, 0.25) is 0 Å². The van der Waals surface area contributed by atoms with Crippen molar-refractivity contribution in [2.75, 3.05) is 0 Å². The van der Waals surface area contributed by atoms with Crippen LogP contribution >= 0.6 is 7.80 Å². The lowest BCUT2D eigenvalue weighted by atomic mass is 10.3. The summed E-state index contributed by atoms with van der Waals surface area (Å²) in [5.74, 6) is 0. The third-order valence-electron chi connectivity index (χ3n) is 1.89. The molecule has 0 aromatic heterocycles. The van der Waals surface area contributed by atoms with Crippen molar-refractivity contribution >= 4 is 20.7 Å². The first kappa shape index (κ1) is 9.80. The Morgan fingerprint density at radius 3 is 2.00 bits per heavy atom. The first-order valence-electron chi connectivity index (χ1n) is 4.20. The second kappa shape index (κ2) is 3.62. The first-order chi connectivity index (χ1) is 5.52. The SMILES string of the molecule is [B][PH+](c1ccccc1)C(C)(C)C. The van der Waals surface area contributed by atoms with E-state index in [9.17, 15) is 0 Å². The molecule has 0 saturated carbocycles. The minimum atomic E-state index is -0.883. The Morgan fingerprint density at radius 2 is 1.58 bits per heavy atom. The maximum absolute atomic E-state index is 6.17. The molecule has 1 unspecified atom stereocenters. The summed E-state index contributed by atoms with van der Waals surface area (Å²) < 4.78 is 0. The molecule has 1 rings (SSSR count). The quantitative estimate of drug-likeness (QED) is 0.456. The predicted octanol–water partition coefficient (Wildman–Crippen LogP) is 2.41. The second-order valence-corrected chi connectivity index (χ2v) is 6.93. The summed E-state index contributed by atoms with van der Waals surface area (Å²) in [7, 11) is 5.29. The lowest BCUT2D eigenvalue weighted by Crippen LogP contribution is -2.18. The molecule has 2 radical (unpaired) electrons. The highest BCUT2D eigenvalue weighted by Gasteiger charge is 2.28. The Kier molecular flexibility index (Phi) is 2.96. The van der Waals surface area contributed by atoms with Crippen molar-refractivity contribution in [3.05, 3.63) is 30.3 Å². The van der Waals surface area contributed by atoms with Gasteiger partial charge in [-0.25, -0.2) is 0 Å². The number of hydrogen-bond donors (Lipinski definition) is 0. The van der Waals surface area contributed by atoms with Gasteiger partial charge in [-0.2, -0.15) is 0 Å². The van der Waals surface area contributed by atoms with Crippen LogP contribution in [0, 0.1) is 0 Å². The summed E-state index contributed by atoms with van der Waals surface area (Å²) in [6.07, 6.45) is 0. The maximum Gasteiger partial charge on any atom is 0.368 e. The Hall–Kier alpha value is -0.285. The Bertz CT molecular complexity index is 238. The fraction of sp³-hybridized carbons (Fsp3) is 0.400. The average molecular weight is 177 g/mol. The van der Waals surface area contributed by atoms with Gasteiger partial charge in [-0.05, 0) is 40.7 Å². The lowest BCUT2D eigenvalue weighted by Gasteiger charge is -2.20. The third-order valence-corrected chi connectivity index (χ3v) is 4.46. The molecule has 0 aliphatic carbocycles. The van der Waals surface area contributed by atoms with Crippen molar-refractivity contribution in [3.8, 4) is 0 Å². The zero-order valence-corrected chi connectivity index (χ0v) is 8.96. The molecular weight excluding hydrogens is 162 g/mol. The smallest absolute Gasteiger partial charge is 0.0620 e. The highest BCUT2D eigenvalue weighted by atomic mass is 31.1. The van der Waals surface area contributed by atoms with E-state index in [1.165, 1.54) is 5.30 Å². The molecule has 0 aliphatic heterocycles. The van der Waals surface area contributed by atoms with Crippen LogP contribution < -0.4 is 5.30 Å². The fourth-order valence-electron chi connectivity index (χ4n) is 1.05. The van der Waals surface area contributed by atoms with Gasteiger partial charge in [0, 0.05) is 0 Å². The molecular formula is C10H15BP+. The maximum atomic E-state index is 6.17. The molecule has 0 spiro atoms. The van der Waals surface area contributed by atoms with E-state index in [2.05, 4.69) is 45.0 Å². The molecule has 12 heavy (non-hydrogen) atoms. The number of hydrogen-bond acceptors (Lipinski definition) is 0.